The first-order valence-electron chi connectivity index (χ1n) is 6.67. The summed E-state index contributed by atoms with van der Waals surface area (Å²) in [7, 11) is 1.71. The zero-order chi connectivity index (χ0) is 14.7. The van der Waals surface area contributed by atoms with Crippen LogP contribution < -0.4 is 10.6 Å². The van der Waals surface area contributed by atoms with E-state index in [2.05, 4.69) is 9.88 Å². The summed E-state index contributed by atoms with van der Waals surface area (Å²) < 4.78 is 5.40. The van der Waals surface area contributed by atoms with E-state index in [0.29, 0.717) is 6.54 Å². The fourth-order valence-electron chi connectivity index (χ4n) is 2.68. The van der Waals surface area contributed by atoms with Crippen LogP contribution in [0.15, 0.2) is 12.3 Å². The molecule has 0 aromatic carbocycles. The molecule has 0 radical (unpaired) electrons. The molecular weight excluding hydrogens is 260 g/mol. The molecule has 1 aliphatic rings. The standard InChI is InChI=1S/C13H20N4O3/c1-9-5-11(17(18)19)8-15-13(9)16-4-3-12(20-2)6-10(16)7-14/h5,8,10,12H,3-4,6-7,14H2,1-2H3. The summed E-state index contributed by atoms with van der Waals surface area (Å²) in [4.78, 5) is 16.7. The highest BCUT2D eigenvalue weighted by atomic mass is 16.6. The first-order valence-corrected chi connectivity index (χ1v) is 6.67. The van der Waals surface area contributed by atoms with Gasteiger partial charge in [0.15, 0.2) is 0 Å². The number of nitro groups is 1. The summed E-state index contributed by atoms with van der Waals surface area (Å²) in [6.45, 7) is 3.15. The summed E-state index contributed by atoms with van der Waals surface area (Å²) in [5.41, 5.74) is 6.66. The van der Waals surface area contributed by atoms with Crippen LogP contribution in [0.25, 0.3) is 0 Å². The van der Waals surface area contributed by atoms with Crippen molar-refractivity contribution >= 4 is 11.5 Å². The van der Waals surface area contributed by atoms with Crippen LogP contribution in [-0.4, -0.2) is 42.3 Å². The van der Waals surface area contributed by atoms with Crippen molar-refractivity contribution in [1.29, 1.82) is 0 Å². The number of aryl methyl sites for hydroxylation is 1. The average molecular weight is 280 g/mol. The van der Waals surface area contributed by atoms with Gasteiger partial charge in [0.2, 0.25) is 0 Å². The Morgan fingerprint density at radius 1 is 1.65 bits per heavy atom. The second-order valence-corrected chi connectivity index (χ2v) is 5.06. The van der Waals surface area contributed by atoms with Crippen LogP contribution in [0, 0.1) is 17.0 Å². The van der Waals surface area contributed by atoms with E-state index < -0.39 is 4.92 Å². The lowest BCUT2D eigenvalue weighted by Crippen LogP contribution is -2.49. The fraction of sp³-hybridized carbons (Fsp3) is 0.615. The number of piperidine rings is 1. The van der Waals surface area contributed by atoms with Crippen molar-refractivity contribution in [1.82, 2.24) is 4.98 Å². The Morgan fingerprint density at radius 3 is 2.95 bits per heavy atom. The Balaban J connectivity index is 2.24. The number of rotatable bonds is 4. The highest BCUT2D eigenvalue weighted by Gasteiger charge is 2.29. The average Bonchev–Trinajstić information content (AvgIpc) is 2.46. The molecule has 2 rings (SSSR count). The molecule has 2 atom stereocenters. The van der Waals surface area contributed by atoms with Gasteiger partial charge in [0, 0.05) is 32.3 Å². The van der Waals surface area contributed by atoms with Gasteiger partial charge in [-0.05, 0) is 25.3 Å². The van der Waals surface area contributed by atoms with Crippen molar-refractivity contribution in [3.8, 4) is 0 Å². The summed E-state index contributed by atoms with van der Waals surface area (Å²) in [5, 5.41) is 10.8. The molecule has 1 aromatic rings. The maximum atomic E-state index is 10.8. The molecule has 20 heavy (non-hydrogen) atoms. The Kier molecular flexibility index (Phi) is 4.51. The topological polar surface area (TPSA) is 94.5 Å². The molecule has 7 heteroatoms. The van der Waals surface area contributed by atoms with Crippen molar-refractivity contribution in [3.05, 3.63) is 27.9 Å². The number of hydrogen-bond acceptors (Lipinski definition) is 6. The molecule has 0 spiro atoms. The minimum Gasteiger partial charge on any atom is -0.381 e. The Hall–Kier alpha value is -1.73. The van der Waals surface area contributed by atoms with Gasteiger partial charge in [-0.1, -0.05) is 0 Å². The van der Waals surface area contributed by atoms with E-state index in [1.54, 1.807) is 13.2 Å². The van der Waals surface area contributed by atoms with Gasteiger partial charge < -0.3 is 15.4 Å². The van der Waals surface area contributed by atoms with Gasteiger partial charge in [-0.3, -0.25) is 10.1 Å². The molecule has 0 aliphatic carbocycles. The Bertz CT molecular complexity index is 495. The largest absolute Gasteiger partial charge is 0.381 e. The molecule has 1 fully saturated rings. The van der Waals surface area contributed by atoms with Crippen molar-refractivity contribution in [2.45, 2.75) is 31.9 Å². The lowest BCUT2D eigenvalue weighted by atomic mass is 9.98. The predicted molar refractivity (Wildman–Crippen MR) is 75.8 cm³/mol. The SMILES string of the molecule is COC1CCN(c2ncc([N+](=O)[O-])cc2C)C(CN)C1. The summed E-state index contributed by atoms with van der Waals surface area (Å²) >= 11 is 0. The van der Waals surface area contributed by atoms with E-state index in [1.807, 2.05) is 6.92 Å². The van der Waals surface area contributed by atoms with Crippen LogP contribution in [-0.2, 0) is 4.74 Å². The molecule has 110 valence electrons. The normalized spacial score (nSPS) is 22.9. The summed E-state index contributed by atoms with van der Waals surface area (Å²) in [5.74, 6) is 0.778. The number of pyridine rings is 1. The molecule has 2 unspecified atom stereocenters. The number of ether oxygens (including phenoxy) is 1. The number of nitrogens with zero attached hydrogens (tertiary/aromatic N) is 3. The number of methoxy groups -OCH3 is 1. The summed E-state index contributed by atoms with van der Waals surface area (Å²) in [6, 6.07) is 1.71. The minimum absolute atomic E-state index is 0.0160. The van der Waals surface area contributed by atoms with E-state index in [9.17, 15) is 10.1 Å². The van der Waals surface area contributed by atoms with Crippen LogP contribution in [0.2, 0.25) is 0 Å². The van der Waals surface area contributed by atoms with Crippen LogP contribution in [0.3, 0.4) is 0 Å². The van der Waals surface area contributed by atoms with Crippen molar-refractivity contribution < 1.29 is 9.66 Å². The maximum Gasteiger partial charge on any atom is 0.287 e. The fourth-order valence-corrected chi connectivity index (χ4v) is 2.68. The Morgan fingerprint density at radius 2 is 2.40 bits per heavy atom. The van der Waals surface area contributed by atoms with Crippen molar-refractivity contribution in [2.24, 2.45) is 5.73 Å². The maximum absolute atomic E-state index is 10.8. The summed E-state index contributed by atoms with van der Waals surface area (Å²) in [6.07, 6.45) is 3.28. The lowest BCUT2D eigenvalue weighted by molar-refractivity contribution is -0.385. The third-order valence-electron chi connectivity index (χ3n) is 3.79. The van der Waals surface area contributed by atoms with Crippen LogP contribution in [0.4, 0.5) is 11.5 Å². The van der Waals surface area contributed by atoms with Gasteiger partial charge in [0.1, 0.15) is 12.0 Å². The predicted octanol–water partition coefficient (Wildman–Crippen LogP) is 1.24. The zero-order valence-corrected chi connectivity index (χ0v) is 11.8. The van der Waals surface area contributed by atoms with Crippen LogP contribution >= 0.6 is 0 Å². The van der Waals surface area contributed by atoms with Crippen molar-refractivity contribution in [2.75, 3.05) is 25.1 Å². The molecule has 1 aromatic heterocycles. The Labute approximate surface area is 117 Å². The highest BCUT2D eigenvalue weighted by Crippen LogP contribution is 2.28. The molecular formula is C13H20N4O3. The molecule has 2 heterocycles. The minimum atomic E-state index is -0.429. The van der Waals surface area contributed by atoms with Crippen LogP contribution in [0.1, 0.15) is 18.4 Å². The monoisotopic (exact) mass is 280 g/mol. The molecule has 0 bridgehead atoms. The second kappa shape index (κ2) is 6.15. The molecule has 7 nitrogen and oxygen atoms in total. The molecule has 1 saturated heterocycles. The zero-order valence-electron chi connectivity index (χ0n) is 11.8. The van der Waals surface area contributed by atoms with Gasteiger partial charge in [-0.25, -0.2) is 4.98 Å². The van der Waals surface area contributed by atoms with E-state index in [0.717, 1.165) is 30.8 Å². The van der Waals surface area contributed by atoms with Crippen molar-refractivity contribution in [3.63, 3.8) is 0 Å². The molecule has 0 saturated carbocycles. The number of nitrogens with two attached hydrogens (primary N) is 1. The van der Waals surface area contributed by atoms with Gasteiger partial charge in [0.25, 0.3) is 5.69 Å². The van der Waals surface area contributed by atoms with E-state index >= 15 is 0 Å². The lowest BCUT2D eigenvalue weighted by Gasteiger charge is -2.39. The van der Waals surface area contributed by atoms with E-state index in [-0.39, 0.29) is 17.8 Å². The van der Waals surface area contributed by atoms with Gasteiger partial charge in [0.05, 0.1) is 11.0 Å². The number of anilines is 1. The first-order chi connectivity index (χ1) is 9.56. The third kappa shape index (κ3) is 2.88. The number of aromatic nitrogens is 1. The quantitative estimate of drug-likeness (QED) is 0.658. The van der Waals surface area contributed by atoms with E-state index in [1.165, 1.54) is 6.20 Å². The number of hydrogen-bond donors (Lipinski definition) is 1. The molecule has 2 N–H and O–H groups in total. The molecule has 1 aliphatic heterocycles. The van der Waals surface area contributed by atoms with E-state index in [4.69, 9.17) is 10.5 Å². The van der Waals surface area contributed by atoms with Gasteiger partial charge in [-0.2, -0.15) is 0 Å². The van der Waals surface area contributed by atoms with Crippen LogP contribution in [0.5, 0.6) is 0 Å². The van der Waals surface area contributed by atoms with Gasteiger partial charge in [-0.15, -0.1) is 0 Å². The third-order valence-corrected chi connectivity index (χ3v) is 3.79. The first kappa shape index (κ1) is 14.7. The van der Waals surface area contributed by atoms with Gasteiger partial charge >= 0.3 is 0 Å². The smallest absolute Gasteiger partial charge is 0.287 e. The second-order valence-electron chi connectivity index (χ2n) is 5.06. The molecule has 0 amide bonds. The highest BCUT2D eigenvalue weighted by molar-refractivity contribution is 5.51.